The molecule has 2 rings (SSSR count). The summed E-state index contributed by atoms with van der Waals surface area (Å²) in [7, 11) is 3.16. The lowest BCUT2D eigenvalue weighted by Crippen LogP contribution is -2.29. The zero-order chi connectivity index (χ0) is 22.1. The molecule has 2 amide bonds. The lowest BCUT2D eigenvalue weighted by molar-refractivity contribution is 0.0945. The van der Waals surface area contributed by atoms with Gasteiger partial charge in [-0.25, -0.2) is 0 Å². The number of carbonyl (C=O) groups excluding carboxylic acids is 2. The first-order valence-corrected chi connectivity index (χ1v) is 7.06. The number of nitrogen functional groups attached to an aromatic ring is 1. The zero-order valence-corrected chi connectivity index (χ0v) is 13.7. The standard InChI is InChI=1S/C15H22N8O2/c1-22-7-9(16)5-11(22)14(25)21-10-6-12(23(2)8-10)13(24)19-3-4-20-15(17)18/h5-8H,3-4,16H2,1-2H3,(H,19,24)(H,21,25)(H4,17,18,20)/i3D2,4D2. The van der Waals surface area contributed by atoms with E-state index in [4.69, 9.17) is 22.7 Å². The first kappa shape index (κ1) is 12.9. The fraction of sp³-hybridized carbons (Fsp3) is 0.267. The Labute approximate surface area is 150 Å². The molecule has 0 spiro atoms. The molecule has 2 heterocycles. The van der Waals surface area contributed by atoms with Gasteiger partial charge in [0.25, 0.3) is 11.8 Å². The summed E-state index contributed by atoms with van der Waals surface area (Å²) in [4.78, 5) is 28.0. The number of anilines is 2. The van der Waals surface area contributed by atoms with Gasteiger partial charge in [0.1, 0.15) is 11.4 Å². The van der Waals surface area contributed by atoms with Crippen LogP contribution in [0.25, 0.3) is 0 Å². The molecule has 0 atom stereocenters. The maximum atomic E-state index is 12.5. The Kier molecular flexibility index (Phi) is 3.84. The Balaban J connectivity index is 2.19. The van der Waals surface area contributed by atoms with Gasteiger partial charge in [0.05, 0.1) is 23.4 Å². The maximum Gasteiger partial charge on any atom is 0.272 e. The molecule has 10 nitrogen and oxygen atoms in total. The third-order valence-corrected chi connectivity index (χ3v) is 3.17. The predicted molar refractivity (Wildman–Crippen MR) is 96.2 cm³/mol. The van der Waals surface area contributed by atoms with E-state index in [0.29, 0.717) is 11.4 Å². The van der Waals surface area contributed by atoms with E-state index in [1.165, 1.54) is 29.9 Å². The number of aliphatic imine (C=N–C) groups is 1. The van der Waals surface area contributed by atoms with E-state index < -0.39 is 30.8 Å². The van der Waals surface area contributed by atoms with Gasteiger partial charge < -0.3 is 37.0 Å². The lowest BCUT2D eigenvalue weighted by Gasteiger charge is -2.04. The van der Waals surface area contributed by atoms with Crippen molar-refractivity contribution in [2.75, 3.05) is 24.0 Å². The van der Waals surface area contributed by atoms with Crippen molar-refractivity contribution in [3.63, 3.8) is 0 Å². The minimum atomic E-state index is -2.91. The van der Waals surface area contributed by atoms with Crippen LogP contribution < -0.4 is 27.8 Å². The van der Waals surface area contributed by atoms with Crippen molar-refractivity contribution in [1.29, 1.82) is 0 Å². The van der Waals surface area contributed by atoms with Crippen LogP contribution in [0.3, 0.4) is 0 Å². The number of hydrogen-bond acceptors (Lipinski definition) is 4. The van der Waals surface area contributed by atoms with Gasteiger partial charge in [0.15, 0.2) is 5.96 Å². The topological polar surface area (TPSA) is 158 Å². The molecule has 0 saturated carbocycles. The number of amides is 2. The molecule has 0 fully saturated rings. The van der Waals surface area contributed by atoms with Crippen molar-refractivity contribution in [3.8, 4) is 0 Å². The molecule has 0 radical (unpaired) electrons. The van der Waals surface area contributed by atoms with Crippen LogP contribution in [-0.4, -0.2) is 39.9 Å². The SMILES string of the molecule is [2H]C([2H])(N=C(N)N)C([2H])([2H])NC(=O)c1cc(NC(=O)c2cc(N)cn2C)cn1C. The highest BCUT2D eigenvalue weighted by atomic mass is 16.2. The van der Waals surface area contributed by atoms with Gasteiger partial charge in [0, 0.05) is 33.0 Å². The second-order valence-corrected chi connectivity index (χ2v) is 5.18. The summed E-state index contributed by atoms with van der Waals surface area (Å²) < 4.78 is 33.7. The van der Waals surface area contributed by atoms with Crippen LogP contribution in [-0.2, 0) is 14.1 Å². The summed E-state index contributed by atoms with van der Waals surface area (Å²) in [6.07, 6.45) is 3.02. The van der Waals surface area contributed by atoms with E-state index in [-0.39, 0.29) is 11.4 Å². The summed E-state index contributed by atoms with van der Waals surface area (Å²) in [5, 5.41) is 4.53. The minimum Gasteiger partial charge on any atom is -0.397 e. The molecule has 0 unspecified atom stereocenters. The van der Waals surface area contributed by atoms with Crippen molar-refractivity contribution in [1.82, 2.24) is 14.5 Å². The quantitative estimate of drug-likeness (QED) is 0.340. The highest BCUT2D eigenvalue weighted by Crippen LogP contribution is 2.16. The van der Waals surface area contributed by atoms with E-state index in [1.54, 1.807) is 17.8 Å². The fourth-order valence-corrected chi connectivity index (χ4v) is 2.11. The molecule has 2 aromatic heterocycles. The number of hydrogen-bond donors (Lipinski definition) is 5. The van der Waals surface area contributed by atoms with Crippen LogP contribution in [0.5, 0.6) is 0 Å². The number of rotatable bonds is 6. The number of nitrogens with zero attached hydrogens (tertiary/aromatic N) is 3. The number of aromatic nitrogens is 2. The van der Waals surface area contributed by atoms with Gasteiger partial charge in [0.2, 0.25) is 0 Å². The van der Waals surface area contributed by atoms with Crippen LogP contribution in [0.2, 0.25) is 0 Å². The summed E-state index contributed by atoms with van der Waals surface area (Å²) in [5.74, 6) is -2.06. The molecule has 8 N–H and O–H groups in total. The lowest BCUT2D eigenvalue weighted by atomic mass is 10.3. The monoisotopic (exact) mass is 350 g/mol. The van der Waals surface area contributed by atoms with E-state index >= 15 is 0 Å². The van der Waals surface area contributed by atoms with Gasteiger partial charge in [-0.2, -0.15) is 0 Å². The first-order valence-electron chi connectivity index (χ1n) is 9.06. The Bertz CT molecular complexity index is 975. The number of guanidine groups is 1. The molecule has 25 heavy (non-hydrogen) atoms. The average molecular weight is 350 g/mol. The highest BCUT2D eigenvalue weighted by molar-refractivity contribution is 6.04. The van der Waals surface area contributed by atoms with Crippen LogP contribution in [0.15, 0.2) is 29.5 Å². The van der Waals surface area contributed by atoms with E-state index in [0.717, 1.165) is 0 Å². The van der Waals surface area contributed by atoms with Crippen molar-refractivity contribution in [2.45, 2.75) is 0 Å². The smallest absolute Gasteiger partial charge is 0.272 e. The molecule has 0 aliphatic rings. The summed E-state index contributed by atoms with van der Waals surface area (Å²) >= 11 is 0. The number of nitrogens with one attached hydrogen (secondary N) is 2. The second-order valence-electron chi connectivity index (χ2n) is 5.18. The molecular weight excluding hydrogens is 324 g/mol. The predicted octanol–water partition coefficient (Wildman–Crippen LogP) is -0.799. The largest absolute Gasteiger partial charge is 0.397 e. The van der Waals surface area contributed by atoms with Crippen LogP contribution in [0.1, 0.15) is 26.5 Å². The molecule has 0 saturated heterocycles. The number of nitrogens with two attached hydrogens (primary N) is 3. The highest BCUT2D eigenvalue weighted by Gasteiger charge is 2.15. The summed E-state index contributed by atoms with van der Waals surface area (Å²) in [6, 6.07) is 2.80. The molecule has 134 valence electrons. The molecule has 0 aromatic carbocycles. The number of carbonyl (C=O) groups is 2. The Morgan fingerprint density at radius 3 is 2.40 bits per heavy atom. The van der Waals surface area contributed by atoms with Crippen LogP contribution >= 0.6 is 0 Å². The third kappa shape index (κ3) is 4.53. The van der Waals surface area contributed by atoms with Crippen LogP contribution in [0.4, 0.5) is 11.4 Å². The molecule has 0 bridgehead atoms. The van der Waals surface area contributed by atoms with Crippen molar-refractivity contribution >= 4 is 29.1 Å². The van der Waals surface area contributed by atoms with Gasteiger partial charge in [-0.3, -0.25) is 14.6 Å². The van der Waals surface area contributed by atoms with Gasteiger partial charge >= 0.3 is 0 Å². The molecular formula is C15H22N8O2. The molecule has 0 aliphatic heterocycles. The van der Waals surface area contributed by atoms with E-state index in [1.807, 2.05) is 5.32 Å². The summed E-state index contributed by atoms with van der Waals surface area (Å²) in [5.41, 5.74) is 16.8. The average Bonchev–Trinajstić information content (AvgIpc) is 3.07. The minimum absolute atomic E-state index is 0.0314. The van der Waals surface area contributed by atoms with Gasteiger partial charge in [-0.05, 0) is 12.1 Å². The fourth-order valence-electron chi connectivity index (χ4n) is 2.11. The Morgan fingerprint density at radius 1 is 1.16 bits per heavy atom. The van der Waals surface area contributed by atoms with Gasteiger partial charge in [-0.15, -0.1) is 0 Å². The van der Waals surface area contributed by atoms with Crippen molar-refractivity contribution < 1.29 is 15.1 Å². The summed E-state index contributed by atoms with van der Waals surface area (Å²) in [6.45, 7) is -5.82. The van der Waals surface area contributed by atoms with E-state index in [9.17, 15) is 9.59 Å². The van der Waals surface area contributed by atoms with Crippen LogP contribution in [0, 0.1) is 0 Å². The first-order chi connectivity index (χ1) is 13.2. The zero-order valence-electron chi connectivity index (χ0n) is 17.7. The Morgan fingerprint density at radius 2 is 1.80 bits per heavy atom. The van der Waals surface area contributed by atoms with E-state index in [2.05, 4.69) is 10.3 Å². The second kappa shape index (κ2) is 7.43. The van der Waals surface area contributed by atoms with Crippen molar-refractivity contribution in [3.05, 3.63) is 35.9 Å². The molecule has 10 heteroatoms. The third-order valence-electron chi connectivity index (χ3n) is 3.17. The maximum absolute atomic E-state index is 12.5. The van der Waals surface area contributed by atoms with Crippen molar-refractivity contribution in [2.24, 2.45) is 30.6 Å². The normalized spacial score (nSPS) is 13.8. The Hall–Kier alpha value is -3.43. The molecule has 0 aliphatic carbocycles. The van der Waals surface area contributed by atoms with Gasteiger partial charge in [-0.1, -0.05) is 0 Å². The number of aryl methyl sites for hydroxylation is 2. The molecule has 2 aromatic rings.